The average molecular weight is 531 g/mol. The quantitative estimate of drug-likeness (QED) is 0.271. The van der Waals surface area contributed by atoms with Crippen LogP contribution in [0.2, 0.25) is 0 Å². The Morgan fingerprint density at radius 1 is 1.26 bits per heavy atom. The van der Waals surface area contributed by atoms with Crippen LogP contribution in [-0.4, -0.2) is 71.7 Å². The van der Waals surface area contributed by atoms with Crippen molar-refractivity contribution in [3.63, 3.8) is 0 Å². The summed E-state index contributed by atoms with van der Waals surface area (Å²) in [6.07, 6.45) is 2.22. The molecular weight excluding hydrogens is 508 g/mol. The van der Waals surface area contributed by atoms with E-state index in [1.165, 1.54) is 12.5 Å². The summed E-state index contributed by atoms with van der Waals surface area (Å²) in [5.41, 5.74) is 1.37. The summed E-state index contributed by atoms with van der Waals surface area (Å²) in [5, 5.41) is 38.8. The molecule has 0 saturated heterocycles. The molecule has 0 aliphatic heterocycles. The SMILES string of the molecule is O=C(O)N[C@@H]1[C@H](O)[C@@H](CO)C[C@H]1Nc1ncncc1C(=O)c1ccn(Cc2cccc(Br)c2)n1. The first-order valence-corrected chi connectivity index (χ1v) is 11.3. The Kier molecular flexibility index (Phi) is 7.20. The second-order valence-electron chi connectivity index (χ2n) is 8.04. The van der Waals surface area contributed by atoms with E-state index < -0.39 is 36.0 Å². The Hall–Kier alpha value is -3.35. The third kappa shape index (κ3) is 5.24. The van der Waals surface area contributed by atoms with Gasteiger partial charge in [-0.15, -0.1) is 0 Å². The van der Waals surface area contributed by atoms with Crippen LogP contribution in [0.25, 0.3) is 0 Å². The van der Waals surface area contributed by atoms with Crippen LogP contribution >= 0.6 is 15.9 Å². The number of anilines is 1. The first-order chi connectivity index (χ1) is 16.4. The summed E-state index contributed by atoms with van der Waals surface area (Å²) in [5.74, 6) is -0.741. The molecule has 1 fully saturated rings. The number of halogens is 1. The number of rotatable bonds is 8. The van der Waals surface area contributed by atoms with E-state index in [4.69, 9.17) is 5.11 Å². The maximum atomic E-state index is 13.2. The Balaban J connectivity index is 1.54. The van der Waals surface area contributed by atoms with Gasteiger partial charge in [0.2, 0.25) is 5.78 Å². The van der Waals surface area contributed by atoms with E-state index in [2.05, 4.69) is 41.6 Å². The lowest BCUT2D eigenvalue weighted by atomic mass is 10.1. The number of aliphatic hydroxyl groups is 2. The minimum atomic E-state index is -1.30. The van der Waals surface area contributed by atoms with Gasteiger partial charge >= 0.3 is 6.09 Å². The molecule has 1 saturated carbocycles. The summed E-state index contributed by atoms with van der Waals surface area (Å²) in [4.78, 5) is 32.5. The number of aromatic nitrogens is 4. The second-order valence-corrected chi connectivity index (χ2v) is 8.95. The monoisotopic (exact) mass is 530 g/mol. The number of carboxylic acid groups (broad SMARTS) is 1. The van der Waals surface area contributed by atoms with Crippen molar-refractivity contribution in [3.8, 4) is 0 Å². The summed E-state index contributed by atoms with van der Waals surface area (Å²) >= 11 is 3.44. The lowest BCUT2D eigenvalue weighted by molar-refractivity contribution is 0.0713. The number of carbonyl (C=O) groups excluding carboxylic acids is 1. The van der Waals surface area contributed by atoms with Gasteiger partial charge in [-0.1, -0.05) is 28.1 Å². The van der Waals surface area contributed by atoms with Gasteiger partial charge in [0.15, 0.2) is 0 Å². The van der Waals surface area contributed by atoms with Crippen molar-refractivity contribution in [1.29, 1.82) is 0 Å². The molecule has 1 aliphatic rings. The van der Waals surface area contributed by atoms with Gasteiger partial charge in [0.25, 0.3) is 0 Å². The van der Waals surface area contributed by atoms with Crippen LogP contribution in [-0.2, 0) is 6.54 Å². The van der Waals surface area contributed by atoms with Crippen molar-refractivity contribution in [2.75, 3.05) is 11.9 Å². The van der Waals surface area contributed by atoms with Crippen molar-refractivity contribution in [1.82, 2.24) is 25.1 Å². The van der Waals surface area contributed by atoms with Gasteiger partial charge in [-0.3, -0.25) is 9.48 Å². The molecule has 0 unspecified atom stereocenters. The zero-order valence-corrected chi connectivity index (χ0v) is 19.5. The number of hydrogen-bond acceptors (Lipinski definition) is 8. The first kappa shape index (κ1) is 23.8. The molecule has 34 heavy (non-hydrogen) atoms. The van der Waals surface area contributed by atoms with Gasteiger partial charge in [-0.25, -0.2) is 14.8 Å². The van der Waals surface area contributed by atoms with Gasteiger partial charge in [0.1, 0.15) is 17.8 Å². The molecule has 3 aromatic rings. The van der Waals surface area contributed by atoms with E-state index >= 15 is 0 Å². The van der Waals surface area contributed by atoms with E-state index in [0.717, 1.165) is 10.0 Å². The van der Waals surface area contributed by atoms with Crippen molar-refractivity contribution in [2.24, 2.45) is 5.92 Å². The molecule has 4 rings (SSSR count). The number of benzene rings is 1. The largest absolute Gasteiger partial charge is 0.465 e. The highest BCUT2D eigenvalue weighted by Crippen LogP contribution is 2.29. The molecule has 0 radical (unpaired) electrons. The number of nitrogens with one attached hydrogen (secondary N) is 2. The fourth-order valence-corrected chi connectivity index (χ4v) is 4.57. The normalized spacial score (nSPS) is 21.9. The minimum Gasteiger partial charge on any atom is -0.465 e. The molecule has 178 valence electrons. The van der Waals surface area contributed by atoms with Crippen LogP contribution in [0.3, 0.4) is 0 Å². The third-order valence-electron chi connectivity index (χ3n) is 5.75. The van der Waals surface area contributed by atoms with Gasteiger partial charge in [0, 0.05) is 29.4 Å². The highest BCUT2D eigenvalue weighted by Gasteiger charge is 2.43. The molecule has 0 bridgehead atoms. The second kappa shape index (κ2) is 10.3. The number of carbonyl (C=O) groups is 2. The number of hydrogen-bond donors (Lipinski definition) is 5. The predicted octanol–water partition coefficient (Wildman–Crippen LogP) is 1.50. The average Bonchev–Trinajstić information content (AvgIpc) is 3.38. The molecule has 2 aromatic heterocycles. The zero-order chi connectivity index (χ0) is 24.2. The van der Waals surface area contributed by atoms with E-state index in [9.17, 15) is 19.8 Å². The van der Waals surface area contributed by atoms with Gasteiger partial charge in [0.05, 0.1) is 30.3 Å². The Bertz CT molecular complexity index is 1190. The number of aliphatic hydroxyl groups excluding tert-OH is 2. The first-order valence-electron chi connectivity index (χ1n) is 10.5. The van der Waals surface area contributed by atoms with Crippen molar-refractivity contribution >= 4 is 33.6 Å². The smallest absolute Gasteiger partial charge is 0.405 e. The van der Waals surface area contributed by atoms with Gasteiger partial charge < -0.3 is 26.0 Å². The molecule has 1 aromatic carbocycles. The lowest BCUT2D eigenvalue weighted by Gasteiger charge is -2.24. The molecule has 2 heterocycles. The van der Waals surface area contributed by atoms with E-state index in [1.807, 2.05) is 24.3 Å². The fraction of sp³-hybridized carbons (Fsp3) is 0.318. The molecule has 12 heteroatoms. The molecule has 1 amide bonds. The molecule has 11 nitrogen and oxygen atoms in total. The van der Waals surface area contributed by atoms with Crippen LogP contribution in [0.4, 0.5) is 10.6 Å². The molecule has 0 spiro atoms. The van der Waals surface area contributed by atoms with E-state index in [0.29, 0.717) is 6.54 Å². The zero-order valence-electron chi connectivity index (χ0n) is 17.9. The van der Waals surface area contributed by atoms with E-state index in [-0.39, 0.29) is 30.1 Å². The van der Waals surface area contributed by atoms with Crippen molar-refractivity contribution in [2.45, 2.75) is 31.2 Å². The van der Waals surface area contributed by atoms with Gasteiger partial charge in [-0.05, 0) is 30.2 Å². The lowest BCUT2D eigenvalue weighted by Crippen LogP contribution is -2.49. The Morgan fingerprint density at radius 3 is 2.82 bits per heavy atom. The maximum absolute atomic E-state index is 13.2. The van der Waals surface area contributed by atoms with Gasteiger partial charge in [-0.2, -0.15) is 5.10 Å². The summed E-state index contributed by atoms with van der Waals surface area (Å²) < 4.78 is 2.60. The maximum Gasteiger partial charge on any atom is 0.405 e. The standard InChI is InChI=1S/C22H23BrN6O5/c23-14-3-1-2-12(6-14)9-29-5-4-16(28-29)20(32)15-8-24-11-25-21(15)26-17-7-13(10-30)19(31)18(17)27-22(33)34/h1-6,8,11,13,17-19,27,30-31H,7,9-10H2,(H,33,34)(H,24,25,26)/t13-,17-,18+,19-/m1/s1. The summed E-state index contributed by atoms with van der Waals surface area (Å²) in [6, 6.07) is 7.88. The van der Waals surface area contributed by atoms with Crippen LogP contribution in [0.5, 0.6) is 0 Å². The molecule has 1 aliphatic carbocycles. The number of amides is 1. The predicted molar refractivity (Wildman–Crippen MR) is 124 cm³/mol. The summed E-state index contributed by atoms with van der Waals surface area (Å²) in [6.45, 7) is 0.177. The molecule has 5 N–H and O–H groups in total. The minimum absolute atomic E-state index is 0.159. The highest BCUT2D eigenvalue weighted by atomic mass is 79.9. The van der Waals surface area contributed by atoms with Crippen molar-refractivity contribution < 1.29 is 24.9 Å². The highest BCUT2D eigenvalue weighted by molar-refractivity contribution is 9.10. The third-order valence-corrected chi connectivity index (χ3v) is 6.24. The molecule has 4 atom stereocenters. The number of ketones is 1. The summed E-state index contributed by atoms with van der Waals surface area (Å²) in [7, 11) is 0. The molecular formula is C22H23BrN6O5. The Labute approximate surface area is 203 Å². The van der Waals surface area contributed by atoms with Crippen LogP contribution < -0.4 is 10.6 Å². The van der Waals surface area contributed by atoms with Crippen molar-refractivity contribution in [3.05, 3.63) is 70.3 Å². The topological polar surface area (TPSA) is 162 Å². The Morgan fingerprint density at radius 2 is 2.09 bits per heavy atom. The van der Waals surface area contributed by atoms with Crippen LogP contribution in [0.15, 0.2) is 53.5 Å². The van der Waals surface area contributed by atoms with Crippen LogP contribution in [0, 0.1) is 5.92 Å². The van der Waals surface area contributed by atoms with Crippen LogP contribution in [0.1, 0.15) is 28.0 Å². The van der Waals surface area contributed by atoms with E-state index in [1.54, 1.807) is 16.9 Å². The number of nitrogens with zero attached hydrogens (tertiary/aromatic N) is 4. The fourth-order valence-electron chi connectivity index (χ4n) is 4.12.